The van der Waals surface area contributed by atoms with Gasteiger partial charge in [-0.1, -0.05) is 34.5 Å². The maximum Gasteiger partial charge on any atom is 0.308 e. The molecule has 0 spiro atoms. The molecule has 0 fully saturated rings. The summed E-state index contributed by atoms with van der Waals surface area (Å²) in [6.07, 6.45) is 1.00. The molecule has 30 heavy (non-hydrogen) atoms. The largest absolute Gasteiger partial charge is 0.324 e. The lowest BCUT2D eigenvalue weighted by atomic mass is 10.2. The van der Waals surface area contributed by atoms with E-state index in [1.807, 2.05) is 6.92 Å². The van der Waals surface area contributed by atoms with Gasteiger partial charge in [0.25, 0.3) is 0 Å². The first kappa shape index (κ1) is 22.6. The van der Waals surface area contributed by atoms with Gasteiger partial charge in [-0.3, -0.25) is 18.5 Å². The first-order valence-electron chi connectivity index (χ1n) is 8.91. The minimum absolute atomic E-state index is 0.0783. The Balaban J connectivity index is 1.92. The van der Waals surface area contributed by atoms with Crippen LogP contribution in [-0.4, -0.2) is 31.2 Å². The molecule has 1 N–H and O–H groups in total. The number of fused-ring (bicyclic) bond motifs is 1. The number of thiazole rings is 1. The van der Waals surface area contributed by atoms with E-state index in [2.05, 4.69) is 5.32 Å². The van der Waals surface area contributed by atoms with Crippen molar-refractivity contribution in [2.75, 3.05) is 15.9 Å². The van der Waals surface area contributed by atoms with Crippen LogP contribution in [0, 0.1) is 0 Å². The maximum atomic E-state index is 12.9. The molecule has 11 heteroatoms. The zero-order chi connectivity index (χ0) is 22.2. The van der Waals surface area contributed by atoms with E-state index in [0.29, 0.717) is 12.2 Å². The van der Waals surface area contributed by atoms with Gasteiger partial charge in [0.15, 0.2) is 0 Å². The van der Waals surface area contributed by atoms with Gasteiger partial charge in [0.05, 0.1) is 22.2 Å². The number of nitrogens with zero attached hydrogens (tertiary/aromatic N) is 2. The molecule has 0 saturated carbocycles. The van der Waals surface area contributed by atoms with Crippen LogP contribution in [0.2, 0.25) is 10.0 Å². The molecule has 1 aromatic heterocycles. The molecule has 3 rings (SSSR count). The van der Waals surface area contributed by atoms with E-state index in [1.54, 1.807) is 22.8 Å². The quantitative estimate of drug-likeness (QED) is 0.564. The number of hydrogen-bond donors (Lipinski definition) is 1. The van der Waals surface area contributed by atoms with E-state index in [1.165, 1.54) is 25.1 Å². The van der Waals surface area contributed by atoms with Crippen LogP contribution in [0.4, 0.5) is 11.4 Å². The second kappa shape index (κ2) is 8.58. The Morgan fingerprint density at radius 2 is 1.83 bits per heavy atom. The van der Waals surface area contributed by atoms with Crippen molar-refractivity contribution in [2.24, 2.45) is 0 Å². The van der Waals surface area contributed by atoms with Crippen LogP contribution in [0.5, 0.6) is 0 Å². The summed E-state index contributed by atoms with van der Waals surface area (Å²) in [4.78, 5) is 24.8. The third kappa shape index (κ3) is 4.64. The maximum absolute atomic E-state index is 12.9. The Morgan fingerprint density at radius 3 is 2.40 bits per heavy atom. The number of carbonyl (C=O) groups is 1. The molecule has 0 bridgehead atoms. The molecular weight excluding hydrogens is 469 g/mol. The Bertz CT molecular complexity index is 1260. The van der Waals surface area contributed by atoms with Gasteiger partial charge in [-0.25, -0.2) is 8.42 Å². The SMILES string of the molecule is CCn1c(=O)sc2cc(NC(=O)[C@H](C)N(c3cc(Cl)cc(Cl)c3)S(C)(=O)=O)ccc21. The number of benzene rings is 2. The number of aryl methyl sites for hydroxylation is 1. The van der Waals surface area contributed by atoms with Crippen molar-refractivity contribution in [3.63, 3.8) is 0 Å². The summed E-state index contributed by atoms with van der Waals surface area (Å²) in [5, 5.41) is 3.22. The Morgan fingerprint density at radius 1 is 1.20 bits per heavy atom. The van der Waals surface area contributed by atoms with Crippen LogP contribution in [0.15, 0.2) is 41.2 Å². The summed E-state index contributed by atoms with van der Waals surface area (Å²) >= 11 is 13.1. The van der Waals surface area contributed by atoms with E-state index < -0.39 is 22.0 Å². The Labute approximate surface area is 187 Å². The second-order valence-electron chi connectivity index (χ2n) is 6.65. The minimum atomic E-state index is -3.82. The molecule has 1 amide bonds. The van der Waals surface area contributed by atoms with Gasteiger partial charge in [-0.05, 0) is 50.2 Å². The lowest BCUT2D eigenvalue weighted by molar-refractivity contribution is -0.116. The first-order valence-corrected chi connectivity index (χ1v) is 12.3. The molecule has 1 heterocycles. The summed E-state index contributed by atoms with van der Waals surface area (Å²) in [5.74, 6) is -0.543. The highest BCUT2D eigenvalue weighted by molar-refractivity contribution is 7.92. The predicted molar refractivity (Wildman–Crippen MR) is 124 cm³/mol. The average molecular weight is 488 g/mol. The number of hydrogen-bond acceptors (Lipinski definition) is 5. The van der Waals surface area contributed by atoms with Gasteiger partial charge in [0.1, 0.15) is 6.04 Å². The third-order valence-electron chi connectivity index (χ3n) is 4.44. The van der Waals surface area contributed by atoms with E-state index in [-0.39, 0.29) is 20.6 Å². The summed E-state index contributed by atoms with van der Waals surface area (Å²) in [5.41, 5.74) is 1.43. The zero-order valence-corrected chi connectivity index (χ0v) is 19.5. The molecule has 3 aromatic rings. The highest BCUT2D eigenvalue weighted by atomic mass is 35.5. The molecule has 0 aliphatic carbocycles. The Hall–Kier alpha value is -2.07. The summed E-state index contributed by atoms with van der Waals surface area (Å²) < 4.78 is 28.2. The standard InChI is InChI=1S/C19H19Cl2N3O4S2/c1-4-23-16-6-5-14(10-17(16)29-19(23)26)22-18(25)11(2)24(30(3,27)28)15-8-12(20)7-13(21)9-15/h5-11H,4H2,1-3H3,(H,22,25)/t11-/m0/s1. The highest BCUT2D eigenvalue weighted by Gasteiger charge is 2.29. The smallest absolute Gasteiger partial charge is 0.308 e. The van der Waals surface area contributed by atoms with Crippen molar-refractivity contribution in [3.05, 3.63) is 56.1 Å². The first-order chi connectivity index (χ1) is 14.0. The fourth-order valence-electron chi connectivity index (χ4n) is 3.17. The Kier molecular flexibility index (Phi) is 6.47. The molecule has 160 valence electrons. The van der Waals surface area contributed by atoms with Crippen LogP contribution < -0.4 is 14.5 Å². The van der Waals surface area contributed by atoms with Gasteiger partial charge < -0.3 is 5.32 Å². The van der Waals surface area contributed by atoms with Crippen LogP contribution in [-0.2, 0) is 21.4 Å². The summed E-state index contributed by atoms with van der Waals surface area (Å²) in [7, 11) is -3.82. The number of halogens is 2. The number of nitrogens with one attached hydrogen (secondary N) is 1. The third-order valence-corrected chi connectivity index (χ3v) is 7.06. The van der Waals surface area contributed by atoms with Crippen LogP contribution >= 0.6 is 34.5 Å². The second-order valence-corrected chi connectivity index (χ2v) is 10.4. The number of anilines is 2. The van der Waals surface area contributed by atoms with Crippen molar-refractivity contribution in [3.8, 4) is 0 Å². The predicted octanol–water partition coefficient (Wildman–Crippen LogP) is 4.18. The molecule has 0 aliphatic rings. The van der Waals surface area contributed by atoms with Gasteiger partial charge in [0, 0.05) is 22.3 Å². The van der Waals surface area contributed by atoms with Gasteiger partial charge >= 0.3 is 4.87 Å². The molecule has 7 nitrogen and oxygen atoms in total. The van der Waals surface area contributed by atoms with Crippen LogP contribution in [0.1, 0.15) is 13.8 Å². The molecule has 0 unspecified atom stereocenters. The summed E-state index contributed by atoms with van der Waals surface area (Å²) in [6.45, 7) is 3.90. The number of carbonyl (C=O) groups excluding carboxylic acids is 1. The molecule has 0 saturated heterocycles. The van der Waals surface area contributed by atoms with Crippen LogP contribution in [0.3, 0.4) is 0 Å². The zero-order valence-electron chi connectivity index (χ0n) is 16.3. The number of sulfonamides is 1. The highest BCUT2D eigenvalue weighted by Crippen LogP contribution is 2.29. The number of aromatic nitrogens is 1. The van der Waals surface area contributed by atoms with Gasteiger partial charge in [-0.2, -0.15) is 0 Å². The van der Waals surface area contributed by atoms with Crippen molar-refractivity contribution in [2.45, 2.75) is 26.4 Å². The fraction of sp³-hybridized carbons (Fsp3) is 0.263. The van der Waals surface area contributed by atoms with Gasteiger partial charge in [0.2, 0.25) is 15.9 Å². The summed E-state index contributed by atoms with van der Waals surface area (Å²) in [6, 6.07) is 8.36. The topological polar surface area (TPSA) is 88.5 Å². The number of amides is 1. The minimum Gasteiger partial charge on any atom is -0.324 e. The average Bonchev–Trinajstić information content (AvgIpc) is 2.93. The number of rotatable bonds is 6. The van der Waals surface area contributed by atoms with E-state index in [4.69, 9.17) is 23.2 Å². The molecular formula is C19H19Cl2N3O4S2. The van der Waals surface area contributed by atoms with E-state index >= 15 is 0 Å². The van der Waals surface area contributed by atoms with Crippen molar-refractivity contribution < 1.29 is 13.2 Å². The molecule has 1 atom stereocenters. The van der Waals surface area contributed by atoms with E-state index in [0.717, 1.165) is 32.1 Å². The van der Waals surface area contributed by atoms with Crippen molar-refractivity contribution in [1.29, 1.82) is 0 Å². The molecule has 0 aliphatic heterocycles. The van der Waals surface area contributed by atoms with Gasteiger partial charge in [-0.15, -0.1) is 0 Å². The van der Waals surface area contributed by atoms with E-state index in [9.17, 15) is 18.0 Å². The normalized spacial score (nSPS) is 12.7. The van der Waals surface area contributed by atoms with Crippen molar-refractivity contribution in [1.82, 2.24) is 4.57 Å². The lowest BCUT2D eigenvalue weighted by Gasteiger charge is -2.28. The van der Waals surface area contributed by atoms with Crippen LogP contribution in [0.25, 0.3) is 10.2 Å². The molecule has 0 radical (unpaired) electrons. The van der Waals surface area contributed by atoms with Crippen molar-refractivity contribution >= 4 is 72.1 Å². The lowest BCUT2D eigenvalue weighted by Crippen LogP contribution is -2.45. The fourth-order valence-corrected chi connectivity index (χ4v) is 5.83. The monoisotopic (exact) mass is 487 g/mol. The molecule has 2 aromatic carbocycles.